The van der Waals surface area contributed by atoms with Crippen molar-refractivity contribution in [3.63, 3.8) is 0 Å². The van der Waals surface area contributed by atoms with Crippen LogP contribution in [0.15, 0.2) is 0 Å². The SMILES string of the molecule is O=C([O-])C(=O)[O-].O=C([O-])C(=O)[O-].[Mn+4]. The van der Waals surface area contributed by atoms with Gasteiger partial charge in [0, 0.05) is 0 Å². The van der Waals surface area contributed by atoms with Gasteiger partial charge in [-0.25, -0.2) is 0 Å². The minimum absolute atomic E-state index is 0. The van der Waals surface area contributed by atoms with Crippen LogP contribution in [0.1, 0.15) is 0 Å². The number of hydrogen-bond acceptors (Lipinski definition) is 8. The summed E-state index contributed by atoms with van der Waals surface area (Å²) < 4.78 is 0. The van der Waals surface area contributed by atoms with Gasteiger partial charge in [-0.2, -0.15) is 0 Å². The van der Waals surface area contributed by atoms with E-state index in [1.54, 1.807) is 0 Å². The summed E-state index contributed by atoms with van der Waals surface area (Å²) in [7, 11) is 0. The van der Waals surface area contributed by atoms with Gasteiger partial charge in [-0.3, -0.25) is 0 Å². The van der Waals surface area contributed by atoms with Gasteiger partial charge in [0.1, 0.15) is 0 Å². The van der Waals surface area contributed by atoms with E-state index in [0.717, 1.165) is 0 Å². The third-order valence-electron chi connectivity index (χ3n) is 0.333. The van der Waals surface area contributed by atoms with E-state index in [-0.39, 0.29) is 17.1 Å². The molecule has 0 saturated heterocycles. The smallest absolute Gasteiger partial charge is 0.543 e. The zero-order valence-corrected chi connectivity index (χ0v) is 6.82. The molecule has 0 fully saturated rings. The zero-order valence-electron chi connectivity index (χ0n) is 5.64. The van der Waals surface area contributed by atoms with Gasteiger partial charge in [0.2, 0.25) is 0 Å². The molecule has 0 saturated carbocycles. The van der Waals surface area contributed by atoms with Crippen molar-refractivity contribution in [2.24, 2.45) is 0 Å². The average molecular weight is 231 g/mol. The fourth-order valence-corrected chi connectivity index (χ4v) is 0. The maximum atomic E-state index is 8.93. The molecule has 0 bridgehead atoms. The van der Waals surface area contributed by atoms with Crippen molar-refractivity contribution in [2.75, 3.05) is 0 Å². The van der Waals surface area contributed by atoms with Gasteiger partial charge >= 0.3 is 17.1 Å². The zero-order chi connectivity index (χ0) is 10.3. The molecular formula is C4MnO8. The summed E-state index contributed by atoms with van der Waals surface area (Å²) in [6, 6.07) is 0. The first-order valence-electron chi connectivity index (χ1n) is 2.13. The Morgan fingerprint density at radius 2 is 0.615 bits per heavy atom. The molecule has 0 N–H and O–H groups in total. The van der Waals surface area contributed by atoms with Crippen LogP contribution in [-0.4, -0.2) is 23.9 Å². The Morgan fingerprint density at radius 3 is 0.615 bits per heavy atom. The summed E-state index contributed by atoms with van der Waals surface area (Å²) in [4.78, 5) is 35.7. The molecule has 0 aromatic heterocycles. The summed E-state index contributed by atoms with van der Waals surface area (Å²) in [6.07, 6.45) is 0. The van der Waals surface area contributed by atoms with E-state index in [0.29, 0.717) is 0 Å². The number of carboxylic acids is 4. The quantitative estimate of drug-likeness (QED) is 0.293. The van der Waals surface area contributed by atoms with Crippen molar-refractivity contribution in [1.82, 2.24) is 0 Å². The van der Waals surface area contributed by atoms with Gasteiger partial charge in [0.25, 0.3) is 0 Å². The van der Waals surface area contributed by atoms with Gasteiger partial charge in [-0.15, -0.1) is 0 Å². The first kappa shape index (κ1) is 17.5. The van der Waals surface area contributed by atoms with Crippen LogP contribution < -0.4 is 20.4 Å². The van der Waals surface area contributed by atoms with Gasteiger partial charge in [-0.1, -0.05) is 0 Å². The molecule has 0 aliphatic carbocycles. The monoisotopic (exact) mass is 231 g/mol. The Bertz CT molecular complexity index is 172. The molecule has 13 heavy (non-hydrogen) atoms. The molecule has 0 unspecified atom stereocenters. The molecule has 0 amide bonds. The molecule has 0 aliphatic rings. The maximum absolute atomic E-state index is 8.93. The maximum Gasteiger partial charge on any atom is 4.00 e. The van der Waals surface area contributed by atoms with E-state index in [1.165, 1.54) is 0 Å². The van der Waals surface area contributed by atoms with Crippen LogP contribution in [0, 0.1) is 0 Å². The molecular weight excluding hydrogens is 231 g/mol. The second-order valence-corrected chi connectivity index (χ2v) is 1.15. The van der Waals surface area contributed by atoms with E-state index in [2.05, 4.69) is 0 Å². The molecule has 71 valence electrons. The number of carbonyl (C=O) groups is 4. The number of rotatable bonds is 0. The number of carbonyl (C=O) groups excluding carboxylic acids is 4. The minimum atomic E-state index is -2.19. The largest absolute Gasteiger partial charge is 4.00 e. The van der Waals surface area contributed by atoms with E-state index >= 15 is 0 Å². The minimum Gasteiger partial charge on any atom is -0.543 e. The number of hydrogen-bond donors (Lipinski definition) is 0. The average Bonchev–Trinajstić information content (AvgIpc) is 1.88. The van der Waals surface area contributed by atoms with E-state index in [1.807, 2.05) is 0 Å². The number of aliphatic carboxylic acids is 4. The summed E-state index contributed by atoms with van der Waals surface area (Å²) >= 11 is 0. The fraction of sp³-hybridized carbons (Fsp3) is 0. The van der Waals surface area contributed by atoms with Crippen LogP contribution in [-0.2, 0) is 36.2 Å². The molecule has 0 atom stereocenters. The summed E-state index contributed by atoms with van der Waals surface area (Å²) in [5, 5.41) is 35.7. The van der Waals surface area contributed by atoms with E-state index < -0.39 is 23.9 Å². The van der Waals surface area contributed by atoms with Crippen LogP contribution in [0.3, 0.4) is 0 Å². The van der Waals surface area contributed by atoms with Crippen LogP contribution in [0.4, 0.5) is 0 Å². The second kappa shape index (κ2) is 8.50. The van der Waals surface area contributed by atoms with Gasteiger partial charge < -0.3 is 39.6 Å². The van der Waals surface area contributed by atoms with Crippen LogP contribution >= 0.6 is 0 Å². The molecule has 0 spiro atoms. The predicted octanol–water partition coefficient (Wildman–Crippen LogP) is -7.03. The summed E-state index contributed by atoms with van der Waals surface area (Å²) in [5.41, 5.74) is 0. The Hall–Kier alpha value is -1.60. The van der Waals surface area contributed by atoms with Crippen LogP contribution in [0.25, 0.3) is 0 Å². The standard InChI is InChI=1S/2C2H2O4.Mn/c2*3-1(4)2(5)6;/h2*(H,3,4)(H,5,6);/q;;+4/p-4. The molecule has 1 radical (unpaired) electrons. The first-order chi connectivity index (χ1) is 5.29. The topological polar surface area (TPSA) is 161 Å². The van der Waals surface area contributed by atoms with Gasteiger partial charge in [-0.05, 0) is 0 Å². The van der Waals surface area contributed by atoms with Crippen molar-refractivity contribution in [3.8, 4) is 0 Å². The third kappa shape index (κ3) is 17.9. The van der Waals surface area contributed by atoms with Crippen molar-refractivity contribution >= 4 is 23.9 Å². The van der Waals surface area contributed by atoms with Crippen molar-refractivity contribution in [2.45, 2.75) is 0 Å². The Morgan fingerprint density at radius 1 is 0.538 bits per heavy atom. The third-order valence-corrected chi connectivity index (χ3v) is 0.333. The summed E-state index contributed by atoms with van der Waals surface area (Å²) in [5.74, 6) is -8.74. The predicted molar refractivity (Wildman–Crippen MR) is 20.0 cm³/mol. The fourth-order valence-electron chi connectivity index (χ4n) is 0. The second-order valence-electron chi connectivity index (χ2n) is 1.15. The Balaban J connectivity index is -0.000000143. The Labute approximate surface area is 81.3 Å². The number of carboxylic acid groups (broad SMARTS) is 4. The van der Waals surface area contributed by atoms with Crippen LogP contribution in [0.2, 0.25) is 0 Å². The molecule has 0 aliphatic heterocycles. The van der Waals surface area contributed by atoms with Crippen molar-refractivity contribution in [3.05, 3.63) is 0 Å². The first-order valence-corrected chi connectivity index (χ1v) is 2.13. The molecule has 0 rings (SSSR count). The molecule has 9 heteroatoms. The molecule has 0 heterocycles. The van der Waals surface area contributed by atoms with Crippen molar-refractivity contribution in [1.29, 1.82) is 0 Å². The molecule has 0 aromatic carbocycles. The van der Waals surface area contributed by atoms with Crippen molar-refractivity contribution < 1.29 is 56.7 Å². The van der Waals surface area contributed by atoms with E-state index in [4.69, 9.17) is 39.6 Å². The van der Waals surface area contributed by atoms with Gasteiger partial charge in [0.05, 0.1) is 23.9 Å². The molecule has 8 nitrogen and oxygen atoms in total. The normalized spacial score (nSPS) is 6.77. The van der Waals surface area contributed by atoms with E-state index in [9.17, 15) is 0 Å². The Kier molecular flexibility index (Phi) is 11.4. The molecule has 0 aromatic rings. The summed E-state index contributed by atoms with van der Waals surface area (Å²) in [6.45, 7) is 0. The van der Waals surface area contributed by atoms with Crippen LogP contribution in [0.5, 0.6) is 0 Å². The van der Waals surface area contributed by atoms with Gasteiger partial charge in [0.15, 0.2) is 0 Å².